The third-order valence-corrected chi connectivity index (χ3v) is 5.06. The second-order valence-corrected chi connectivity index (χ2v) is 7.60. The molecule has 28 heavy (non-hydrogen) atoms. The van der Waals surface area contributed by atoms with Crippen LogP contribution in [0.2, 0.25) is 0 Å². The second-order valence-electron chi connectivity index (χ2n) is 7.60. The predicted molar refractivity (Wildman–Crippen MR) is 112 cm³/mol. The molecule has 1 atom stereocenters. The number of hydrogen-bond donors (Lipinski definition) is 2. The van der Waals surface area contributed by atoms with Gasteiger partial charge in [-0.1, -0.05) is 42.0 Å². The molecule has 1 aliphatic heterocycles. The van der Waals surface area contributed by atoms with Crippen LogP contribution in [-0.4, -0.2) is 29.8 Å². The van der Waals surface area contributed by atoms with Crippen LogP contribution in [0.5, 0.6) is 0 Å². The second kappa shape index (κ2) is 9.51. The summed E-state index contributed by atoms with van der Waals surface area (Å²) in [6.45, 7) is 6.69. The third kappa shape index (κ3) is 5.92. The first kappa shape index (κ1) is 20.1. The molecule has 1 saturated heterocycles. The maximum atomic E-state index is 12.6. The lowest BCUT2D eigenvalue weighted by atomic mass is 10.0. The average Bonchev–Trinajstić information content (AvgIpc) is 3.14. The van der Waals surface area contributed by atoms with Gasteiger partial charge in [-0.25, -0.2) is 0 Å². The van der Waals surface area contributed by atoms with Gasteiger partial charge >= 0.3 is 0 Å². The molecule has 2 N–H and O–H groups in total. The summed E-state index contributed by atoms with van der Waals surface area (Å²) >= 11 is 0. The molecule has 0 aromatic heterocycles. The minimum atomic E-state index is -0.342. The highest BCUT2D eigenvalue weighted by atomic mass is 16.2. The van der Waals surface area contributed by atoms with Crippen molar-refractivity contribution in [1.29, 1.82) is 0 Å². The first-order valence-electron chi connectivity index (χ1n) is 9.94. The van der Waals surface area contributed by atoms with E-state index in [2.05, 4.69) is 21.6 Å². The monoisotopic (exact) mass is 379 g/mol. The molecule has 0 aliphatic carbocycles. The smallest absolute Gasteiger partial charge is 0.226 e. The Morgan fingerprint density at radius 1 is 1.07 bits per heavy atom. The molecule has 0 radical (unpaired) electrons. The van der Waals surface area contributed by atoms with Gasteiger partial charge in [0.1, 0.15) is 0 Å². The van der Waals surface area contributed by atoms with Gasteiger partial charge in [-0.3, -0.25) is 14.5 Å². The largest absolute Gasteiger partial charge is 0.349 e. The zero-order chi connectivity index (χ0) is 19.9. The molecule has 1 fully saturated rings. The molecule has 0 spiro atoms. The molecule has 5 nitrogen and oxygen atoms in total. The standard InChI is InChI=1S/C23H29N3O2/c1-17-8-10-20(11-9-17)22(24-18(2)27)15-23(28)25-21-7-5-6-19(14-21)16-26-12-3-4-13-26/h5-11,14,22H,3-4,12-13,15-16H2,1-2H3,(H,24,27)(H,25,28). The van der Waals surface area contributed by atoms with E-state index in [-0.39, 0.29) is 24.3 Å². The van der Waals surface area contributed by atoms with Gasteiger partial charge in [-0.2, -0.15) is 0 Å². The molecule has 0 bridgehead atoms. The van der Waals surface area contributed by atoms with Crippen molar-refractivity contribution in [3.63, 3.8) is 0 Å². The van der Waals surface area contributed by atoms with Crippen LogP contribution >= 0.6 is 0 Å². The van der Waals surface area contributed by atoms with Gasteiger partial charge < -0.3 is 10.6 Å². The Bertz CT molecular complexity index is 811. The van der Waals surface area contributed by atoms with E-state index in [4.69, 9.17) is 0 Å². The van der Waals surface area contributed by atoms with E-state index in [1.54, 1.807) is 0 Å². The summed E-state index contributed by atoms with van der Waals surface area (Å²) in [4.78, 5) is 26.7. The Kier molecular flexibility index (Phi) is 6.82. The lowest BCUT2D eigenvalue weighted by molar-refractivity contribution is -0.120. The number of hydrogen-bond acceptors (Lipinski definition) is 3. The van der Waals surface area contributed by atoms with Crippen LogP contribution in [-0.2, 0) is 16.1 Å². The van der Waals surface area contributed by atoms with Crippen molar-refractivity contribution in [3.8, 4) is 0 Å². The number of carbonyl (C=O) groups excluding carboxylic acids is 2. The topological polar surface area (TPSA) is 61.4 Å². The van der Waals surface area contributed by atoms with Gasteiger partial charge in [0.15, 0.2) is 0 Å². The number of likely N-dealkylation sites (tertiary alicyclic amines) is 1. The van der Waals surface area contributed by atoms with Crippen LogP contribution in [0, 0.1) is 6.92 Å². The number of carbonyl (C=O) groups is 2. The van der Waals surface area contributed by atoms with Gasteiger partial charge in [0.2, 0.25) is 11.8 Å². The number of amides is 2. The highest BCUT2D eigenvalue weighted by molar-refractivity contribution is 5.91. The lowest BCUT2D eigenvalue weighted by Gasteiger charge is -2.19. The zero-order valence-electron chi connectivity index (χ0n) is 16.7. The first-order valence-corrected chi connectivity index (χ1v) is 9.94. The number of nitrogens with one attached hydrogen (secondary N) is 2. The van der Waals surface area contributed by atoms with Gasteiger partial charge in [0.25, 0.3) is 0 Å². The number of rotatable bonds is 7. The van der Waals surface area contributed by atoms with Crippen molar-refractivity contribution in [2.45, 2.75) is 45.7 Å². The molecule has 5 heteroatoms. The number of anilines is 1. The maximum absolute atomic E-state index is 12.6. The van der Waals surface area contributed by atoms with Crippen molar-refractivity contribution in [2.75, 3.05) is 18.4 Å². The van der Waals surface area contributed by atoms with Crippen LogP contribution in [0.4, 0.5) is 5.69 Å². The summed E-state index contributed by atoms with van der Waals surface area (Å²) in [5, 5.41) is 5.87. The van der Waals surface area contributed by atoms with E-state index in [1.807, 2.05) is 49.4 Å². The Balaban J connectivity index is 1.63. The molecule has 2 amide bonds. The quantitative estimate of drug-likeness (QED) is 0.769. The summed E-state index contributed by atoms with van der Waals surface area (Å²) < 4.78 is 0. The van der Waals surface area contributed by atoms with Crippen LogP contribution < -0.4 is 10.6 Å². The van der Waals surface area contributed by atoms with Crippen LogP contribution in [0.15, 0.2) is 48.5 Å². The Morgan fingerprint density at radius 3 is 2.46 bits per heavy atom. The maximum Gasteiger partial charge on any atom is 0.226 e. The number of aryl methyl sites for hydroxylation is 1. The Hall–Kier alpha value is -2.66. The molecule has 0 saturated carbocycles. The lowest BCUT2D eigenvalue weighted by Crippen LogP contribution is -2.29. The van der Waals surface area contributed by atoms with E-state index in [1.165, 1.54) is 25.3 Å². The van der Waals surface area contributed by atoms with E-state index < -0.39 is 0 Å². The first-order chi connectivity index (χ1) is 13.5. The van der Waals surface area contributed by atoms with Crippen molar-refractivity contribution in [1.82, 2.24) is 10.2 Å². The Labute approximate surface area is 167 Å². The molecule has 2 aromatic carbocycles. The highest BCUT2D eigenvalue weighted by Crippen LogP contribution is 2.20. The van der Waals surface area contributed by atoms with Crippen LogP contribution in [0.1, 0.15) is 48.9 Å². The van der Waals surface area contributed by atoms with E-state index in [9.17, 15) is 9.59 Å². The molecule has 1 aliphatic rings. The van der Waals surface area contributed by atoms with Gasteiger partial charge in [0.05, 0.1) is 12.5 Å². The summed E-state index contributed by atoms with van der Waals surface area (Å²) in [6, 6.07) is 15.6. The Morgan fingerprint density at radius 2 is 1.79 bits per heavy atom. The van der Waals surface area contributed by atoms with E-state index in [0.717, 1.165) is 36.4 Å². The number of nitrogens with zero attached hydrogens (tertiary/aromatic N) is 1. The van der Waals surface area contributed by atoms with Crippen LogP contribution in [0.25, 0.3) is 0 Å². The predicted octanol–water partition coefficient (Wildman–Crippen LogP) is 3.80. The number of benzene rings is 2. The summed E-state index contributed by atoms with van der Waals surface area (Å²) in [5.41, 5.74) is 4.08. The van der Waals surface area contributed by atoms with Crippen molar-refractivity contribution in [3.05, 3.63) is 65.2 Å². The molecule has 2 aromatic rings. The van der Waals surface area contributed by atoms with Crippen molar-refractivity contribution >= 4 is 17.5 Å². The molecule has 148 valence electrons. The highest BCUT2D eigenvalue weighted by Gasteiger charge is 2.18. The minimum absolute atomic E-state index is 0.113. The third-order valence-electron chi connectivity index (χ3n) is 5.06. The molecule has 1 heterocycles. The van der Waals surface area contributed by atoms with Crippen molar-refractivity contribution in [2.24, 2.45) is 0 Å². The van der Waals surface area contributed by atoms with E-state index in [0.29, 0.717) is 0 Å². The summed E-state index contributed by atoms with van der Waals surface area (Å²) in [6.07, 6.45) is 2.72. The SMILES string of the molecule is CC(=O)NC(CC(=O)Nc1cccc(CN2CCCC2)c1)c1ccc(C)cc1. The van der Waals surface area contributed by atoms with Crippen LogP contribution in [0.3, 0.4) is 0 Å². The van der Waals surface area contributed by atoms with Crippen molar-refractivity contribution < 1.29 is 9.59 Å². The molecule has 1 unspecified atom stereocenters. The fraction of sp³-hybridized carbons (Fsp3) is 0.391. The fourth-order valence-corrected chi connectivity index (χ4v) is 3.64. The summed E-state index contributed by atoms with van der Waals surface area (Å²) in [7, 11) is 0. The molecular formula is C23H29N3O2. The summed E-state index contributed by atoms with van der Waals surface area (Å²) in [5.74, 6) is -0.261. The minimum Gasteiger partial charge on any atom is -0.349 e. The molecule has 3 rings (SSSR count). The fourth-order valence-electron chi connectivity index (χ4n) is 3.64. The normalized spacial score (nSPS) is 15.2. The zero-order valence-corrected chi connectivity index (χ0v) is 16.7. The van der Waals surface area contributed by atoms with E-state index >= 15 is 0 Å². The molecular weight excluding hydrogens is 350 g/mol. The van der Waals surface area contributed by atoms with Gasteiger partial charge in [-0.05, 0) is 56.1 Å². The van der Waals surface area contributed by atoms with Gasteiger partial charge in [0, 0.05) is 19.2 Å². The van der Waals surface area contributed by atoms with Gasteiger partial charge in [-0.15, -0.1) is 0 Å². The average molecular weight is 380 g/mol.